The maximum Gasteiger partial charge on any atom is 0 e. The van der Waals surface area contributed by atoms with Crippen molar-refractivity contribution in [1.29, 1.82) is 0 Å². The van der Waals surface area contributed by atoms with Crippen LogP contribution in [0.15, 0.2) is 0 Å². The molecule has 0 nitrogen and oxygen atoms in total. The molecule has 0 saturated heterocycles. The normalized spacial score (nSPS) is 0. The van der Waals surface area contributed by atoms with Crippen LogP contribution in [0, 0.1) is 0 Å². The predicted octanol–water partition coefficient (Wildman–Crippen LogP) is -0.0125. The summed E-state index contributed by atoms with van der Waals surface area (Å²) in [4.78, 5) is 0. The molecule has 0 heterocycles. The minimum absolute atomic E-state index is 0. The fourth-order valence-corrected chi connectivity index (χ4v) is 0. The van der Waals surface area contributed by atoms with E-state index in [0.717, 1.165) is 0 Å². The molecule has 0 spiro atoms. The first-order valence-corrected chi connectivity index (χ1v) is 0. The van der Waals surface area contributed by atoms with Crippen molar-refractivity contribution in [3.8, 4) is 0 Å². The van der Waals surface area contributed by atoms with Crippen molar-refractivity contribution < 1.29 is 164 Å². The van der Waals surface area contributed by atoms with Gasteiger partial charge in [-0.05, 0) is 0 Å². The summed E-state index contributed by atoms with van der Waals surface area (Å²) in [7, 11) is 0. The predicted molar refractivity (Wildman–Crippen MR) is 0 cm³/mol. The van der Waals surface area contributed by atoms with E-state index in [0.29, 0.717) is 0 Å². The van der Waals surface area contributed by atoms with E-state index in [1.165, 1.54) is 0 Å². The van der Waals surface area contributed by atoms with Gasteiger partial charge in [0, 0.05) is 164 Å². The first-order valence-electron chi connectivity index (χ1n) is 0. The molecular formula is Y5. The van der Waals surface area contributed by atoms with Crippen molar-refractivity contribution in [1.82, 2.24) is 0 Å². The van der Waals surface area contributed by atoms with Gasteiger partial charge in [-0.1, -0.05) is 0 Å². The summed E-state index contributed by atoms with van der Waals surface area (Å²) in [5.74, 6) is 0. The van der Waals surface area contributed by atoms with Crippen LogP contribution in [0.5, 0.6) is 0 Å². The summed E-state index contributed by atoms with van der Waals surface area (Å²) >= 11 is 0. The summed E-state index contributed by atoms with van der Waals surface area (Å²) in [6, 6.07) is 0. The second-order valence-corrected chi connectivity index (χ2v) is 0. The van der Waals surface area contributed by atoms with Gasteiger partial charge in [-0.25, -0.2) is 0 Å². The van der Waals surface area contributed by atoms with Gasteiger partial charge in [-0.3, -0.25) is 0 Å². The van der Waals surface area contributed by atoms with Crippen LogP contribution in [0.2, 0.25) is 0 Å². The Balaban J connectivity index is 0. The zero-order valence-electron chi connectivity index (χ0n) is 2.89. The van der Waals surface area contributed by atoms with Crippen molar-refractivity contribution in [3.05, 3.63) is 0 Å². The number of hydrogen-bond donors (Lipinski definition) is 0. The van der Waals surface area contributed by atoms with E-state index in [4.69, 9.17) is 0 Å². The van der Waals surface area contributed by atoms with Crippen molar-refractivity contribution >= 4 is 0 Å². The molecule has 0 fully saturated rings. The Hall–Kier alpha value is 5.52. The zero-order valence-corrected chi connectivity index (χ0v) is 17.1. The summed E-state index contributed by atoms with van der Waals surface area (Å²) < 4.78 is 0. The molecule has 0 atom stereocenters. The van der Waals surface area contributed by atoms with Gasteiger partial charge in [0.25, 0.3) is 0 Å². The van der Waals surface area contributed by atoms with E-state index in [9.17, 15) is 0 Å². The van der Waals surface area contributed by atoms with E-state index >= 15 is 0 Å². The molecule has 5 heavy (non-hydrogen) atoms. The van der Waals surface area contributed by atoms with Crippen LogP contribution >= 0.6 is 0 Å². The van der Waals surface area contributed by atoms with Gasteiger partial charge in [0.2, 0.25) is 0 Å². The molecule has 15 valence electrons. The molecule has 0 bridgehead atoms. The van der Waals surface area contributed by atoms with Crippen molar-refractivity contribution in [3.63, 3.8) is 0 Å². The van der Waals surface area contributed by atoms with Crippen molar-refractivity contribution in [2.75, 3.05) is 0 Å². The molecule has 5 radical (unpaired) electrons. The molecule has 0 aliphatic heterocycles. The number of rotatable bonds is 0. The molecule has 0 unspecified atom stereocenters. The van der Waals surface area contributed by atoms with Crippen LogP contribution in [-0.4, -0.2) is 0 Å². The monoisotopic (exact) mass is 445 g/mol. The van der Waals surface area contributed by atoms with E-state index < -0.39 is 0 Å². The van der Waals surface area contributed by atoms with Gasteiger partial charge < -0.3 is 0 Å². The third-order valence-corrected chi connectivity index (χ3v) is 0. The Bertz CT molecular complexity index is 0. The summed E-state index contributed by atoms with van der Waals surface area (Å²) in [6.45, 7) is 0. The largest absolute Gasteiger partial charge is 0 e. The van der Waals surface area contributed by atoms with Gasteiger partial charge in [0.05, 0.1) is 0 Å². The topological polar surface area (TPSA) is 0 Å². The minimum Gasteiger partial charge on any atom is 0 e. The van der Waals surface area contributed by atoms with Crippen LogP contribution in [0.25, 0.3) is 0 Å². The Kier molecular flexibility index (Phi) is 142. The van der Waals surface area contributed by atoms with E-state index in [1.54, 1.807) is 0 Å². The molecule has 0 saturated carbocycles. The first kappa shape index (κ1) is 31.3. The van der Waals surface area contributed by atoms with E-state index in [-0.39, 0.29) is 164 Å². The molecule has 0 rings (SSSR count). The fourth-order valence-electron chi connectivity index (χ4n) is 0. The van der Waals surface area contributed by atoms with Gasteiger partial charge in [-0.2, -0.15) is 0 Å². The van der Waals surface area contributed by atoms with Crippen LogP contribution in [0.4, 0.5) is 0 Å². The average Bonchev–Trinajstić information content (AvgIpc) is 0. The summed E-state index contributed by atoms with van der Waals surface area (Å²) in [6.07, 6.45) is 0. The Morgan fingerprint density at radius 2 is 0.200 bits per heavy atom. The van der Waals surface area contributed by atoms with Crippen LogP contribution in [-0.2, 0) is 164 Å². The van der Waals surface area contributed by atoms with Crippen LogP contribution in [0.3, 0.4) is 0 Å². The Morgan fingerprint density at radius 3 is 0.200 bits per heavy atom. The average molecular weight is 445 g/mol. The smallest absolute Gasteiger partial charge is 0 e. The molecule has 0 aliphatic rings. The third-order valence-electron chi connectivity index (χ3n) is 0. The molecule has 0 amide bonds. The molecule has 5 heteroatoms. The summed E-state index contributed by atoms with van der Waals surface area (Å²) in [5.41, 5.74) is 0. The first-order chi connectivity index (χ1) is 0. The fraction of sp³-hybridized carbons (Fsp3) is 0. The van der Waals surface area contributed by atoms with Crippen LogP contribution < -0.4 is 0 Å². The molecular weight excluding hydrogens is 445 g/mol. The molecule has 0 aromatic carbocycles. The standard InChI is InChI=1S/5Y. The molecule has 0 aliphatic carbocycles. The Morgan fingerprint density at radius 1 is 0.200 bits per heavy atom. The number of hydrogen-bond acceptors (Lipinski definition) is 0. The zero-order chi connectivity index (χ0) is 0. The van der Waals surface area contributed by atoms with E-state index in [2.05, 4.69) is 0 Å². The minimum atomic E-state index is 0. The van der Waals surface area contributed by atoms with Crippen molar-refractivity contribution in [2.24, 2.45) is 0 Å². The van der Waals surface area contributed by atoms with Gasteiger partial charge in [-0.15, -0.1) is 0 Å². The molecule has 0 N–H and O–H groups in total. The SMILES string of the molecule is [Y].[Y].[Y].[Y].[Y]. The summed E-state index contributed by atoms with van der Waals surface area (Å²) in [5, 5.41) is 0. The maximum absolute atomic E-state index is 0. The van der Waals surface area contributed by atoms with Gasteiger partial charge in [0.15, 0.2) is 0 Å². The maximum atomic E-state index is 0. The quantitative estimate of drug-likeness (QED) is 0.493. The van der Waals surface area contributed by atoms with Crippen molar-refractivity contribution in [2.45, 2.75) is 0 Å². The van der Waals surface area contributed by atoms with Gasteiger partial charge >= 0.3 is 0 Å². The Labute approximate surface area is 158 Å². The third kappa shape index (κ3) is 17.7. The molecule has 0 aromatic heterocycles. The van der Waals surface area contributed by atoms with Crippen LogP contribution in [0.1, 0.15) is 0 Å². The van der Waals surface area contributed by atoms with E-state index in [1.807, 2.05) is 0 Å². The second kappa shape index (κ2) is 22.7. The second-order valence-electron chi connectivity index (χ2n) is 0. The van der Waals surface area contributed by atoms with Gasteiger partial charge in [0.1, 0.15) is 0 Å². The molecule has 0 aromatic rings.